The lowest BCUT2D eigenvalue weighted by Gasteiger charge is -2.41. The highest BCUT2D eigenvalue weighted by molar-refractivity contribution is 6.42. The molecule has 0 aromatic carbocycles. The molecule has 0 spiro atoms. The summed E-state index contributed by atoms with van der Waals surface area (Å²) in [5.41, 5.74) is 0. The van der Waals surface area contributed by atoms with Gasteiger partial charge in [-0.25, -0.2) is 9.59 Å². The van der Waals surface area contributed by atoms with Crippen LogP contribution in [0.4, 0.5) is 0 Å². The second-order valence-electron chi connectivity index (χ2n) is 5.18. The van der Waals surface area contributed by atoms with Gasteiger partial charge in [-0.1, -0.05) is 23.2 Å². The number of hydrogen-bond donors (Lipinski definition) is 0. The van der Waals surface area contributed by atoms with Crippen LogP contribution in [0.2, 0.25) is 0 Å². The Morgan fingerprint density at radius 1 is 0.950 bits per heavy atom. The van der Waals surface area contributed by atoms with Gasteiger partial charge in [-0.2, -0.15) is 0 Å². The Kier molecular flexibility index (Phi) is 2.23. The zero-order chi connectivity index (χ0) is 14.5. The maximum Gasteiger partial charge on any atom is 0.335 e. The van der Waals surface area contributed by atoms with E-state index >= 15 is 0 Å². The van der Waals surface area contributed by atoms with E-state index in [-0.39, 0.29) is 0 Å². The summed E-state index contributed by atoms with van der Waals surface area (Å²) in [5, 5.41) is 0. The van der Waals surface area contributed by atoms with Crippen molar-refractivity contribution in [3.8, 4) is 0 Å². The third-order valence-electron chi connectivity index (χ3n) is 4.73. The molecule has 4 fully saturated rings. The van der Waals surface area contributed by atoms with E-state index in [4.69, 9.17) is 46.9 Å². The molecule has 0 N–H and O–H groups in total. The second kappa shape index (κ2) is 3.41. The Morgan fingerprint density at radius 3 is 1.70 bits per heavy atom. The van der Waals surface area contributed by atoms with Crippen molar-refractivity contribution in [2.45, 2.75) is 28.1 Å². The standard InChI is InChI=1S/C11H10Cl2O7/c1-16-11(17-2)9(12)3-4-6(18-5(3)19-7(9)14)20-8(15)10(4,11)13/h3-6H,1-2H3/t3-,4+,5-,6+,9+,10-. The lowest BCUT2D eigenvalue weighted by molar-refractivity contribution is -0.237. The minimum atomic E-state index is -1.89. The van der Waals surface area contributed by atoms with Gasteiger partial charge in [-0.05, 0) is 0 Å². The molecule has 20 heavy (non-hydrogen) atoms. The van der Waals surface area contributed by atoms with Crippen LogP contribution in [-0.4, -0.2) is 54.3 Å². The summed E-state index contributed by atoms with van der Waals surface area (Å²) in [4.78, 5) is 20.9. The van der Waals surface area contributed by atoms with Crippen LogP contribution in [0, 0.1) is 11.8 Å². The first kappa shape index (κ1) is 13.1. The predicted molar refractivity (Wildman–Crippen MR) is 61.7 cm³/mol. The van der Waals surface area contributed by atoms with Crippen LogP contribution >= 0.6 is 23.2 Å². The number of rotatable bonds is 2. The summed E-state index contributed by atoms with van der Waals surface area (Å²) >= 11 is 13.0. The highest BCUT2D eigenvalue weighted by Crippen LogP contribution is 2.71. The Labute approximate surface area is 123 Å². The molecule has 4 rings (SSSR count). The number of alkyl halides is 2. The van der Waals surface area contributed by atoms with Gasteiger partial charge in [-0.15, -0.1) is 0 Å². The Balaban J connectivity index is 2.03. The molecule has 0 radical (unpaired) electrons. The van der Waals surface area contributed by atoms with Gasteiger partial charge in [0.15, 0.2) is 0 Å². The van der Waals surface area contributed by atoms with Gasteiger partial charge in [0.25, 0.3) is 0 Å². The van der Waals surface area contributed by atoms with Crippen molar-refractivity contribution in [3.05, 3.63) is 0 Å². The smallest absolute Gasteiger partial charge is 0.335 e. The molecule has 0 aromatic rings. The van der Waals surface area contributed by atoms with Crippen molar-refractivity contribution in [2.24, 2.45) is 11.8 Å². The average molecular weight is 325 g/mol. The van der Waals surface area contributed by atoms with Gasteiger partial charge >= 0.3 is 11.9 Å². The van der Waals surface area contributed by atoms with Crippen LogP contribution in [0.1, 0.15) is 0 Å². The van der Waals surface area contributed by atoms with E-state index in [1.54, 1.807) is 0 Å². The van der Waals surface area contributed by atoms with Crippen molar-refractivity contribution in [3.63, 3.8) is 0 Å². The monoisotopic (exact) mass is 324 g/mol. The molecule has 0 aromatic heterocycles. The molecule has 4 aliphatic rings. The van der Waals surface area contributed by atoms with Crippen LogP contribution in [0.15, 0.2) is 0 Å². The van der Waals surface area contributed by atoms with E-state index in [2.05, 4.69) is 0 Å². The Morgan fingerprint density at radius 2 is 1.35 bits per heavy atom. The van der Waals surface area contributed by atoms with Crippen molar-refractivity contribution < 1.29 is 33.3 Å². The van der Waals surface area contributed by atoms with Crippen LogP contribution in [0.25, 0.3) is 0 Å². The first-order chi connectivity index (χ1) is 9.38. The predicted octanol–water partition coefficient (Wildman–Crippen LogP) is -0.0273. The summed E-state index contributed by atoms with van der Waals surface area (Å²) in [5.74, 6) is -4.83. The molecular formula is C11H10Cl2O7. The van der Waals surface area contributed by atoms with Gasteiger partial charge in [0, 0.05) is 14.2 Å². The highest BCUT2D eigenvalue weighted by atomic mass is 35.5. The third-order valence-corrected chi connectivity index (χ3v) is 6.04. The zero-order valence-electron chi connectivity index (χ0n) is 10.4. The number of ether oxygens (including phenoxy) is 5. The largest absolute Gasteiger partial charge is 0.434 e. The van der Waals surface area contributed by atoms with Gasteiger partial charge in [-0.3, -0.25) is 0 Å². The van der Waals surface area contributed by atoms with Crippen LogP contribution in [0.5, 0.6) is 0 Å². The van der Waals surface area contributed by atoms with E-state index in [1.807, 2.05) is 0 Å². The average Bonchev–Trinajstić information content (AvgIpc) is 3.00. The molecule has 3 saturated heterocycles. The summed E-state index contributed by atoms with van der Waals surface area (Å²) in [7, 11) is 2.53. The Hall–Kier alpha value is -0.600. The molecule has 0 unspecified atom stereocenters. The summed E-state index contributed by atoms with van der Waals surface area (Å²) in [6, 6.07) is 0. The third kappa shape index (κ3) is 0.918. The number of carbonyl (C=O) groups is 2. The van der Waals surface area contributed by atoms with Gasteiger partial charge in [0.05, 0.1) is 11.8 Å². The molecule has 1 aliphatic carbocycles. The molecule has 3 heterocycles. The fourth-order valence-electron chi connectivity index (χ4n) is 4.02. The molecule has 0 amide bonds. The normalized spacial score (nSPS) is 54.0. The van der Waals surface area contributed by atoms with E-state index in [0.29, 0.717) is 0 Å². The van der Waals surface area contributed by atoms with E-state index in [9.17, 15) is 9.59 Å². The van der Waals surface area contributed by atoms with Crippen LogP contribution < -0.4 is 0 Å². The van der Waals surface area contributed by atoms with Crippen LogP contribution in [0.3, 0.4) is 0 Å². The number of carbonyl (C=O) groups excluding carboxylic acids is 2. The van der Waals surface area contributed by atoms with E-state index < -0.39 is 51.9 Å². The minimum Gasteiger partial charge on any atom is -0.434 e. The van der Waals surface area contributed by atoms with E-state index in [1.165, 1.54) is 14.2 Å². The molecule has 9 heteroatoms. The van der Waals surface area contributed by atoms with Crippen molar-refractivity contribution in [1.29, 1.82) is 0 Å². The molecule has 110 valence electrons. The fourth-order valence-corrected chi connectivity index (χ4v) is 5.24. The highest BCUT2D eigenvalue weighted by Gasteiger charge is 2.93. The van der Waals surface area contributed by atoms with Crippen molar-refractivity contribution in [1.82, 2.24) is 0 Å². The quantitative estimate of drug-likeness (QED) is 0.401. The molecule has 6 atom stereocenters. The van der Waals surface area contributed by atoms with Gasteiger partial charge in [0.1, 0.15) is 0 Å². The van der Waals surface area contributed by atoms with Crippen molar-refractivity contribution >= 4 is 35.1 Å². The first-order valence-corrected chi connectivity index (χ1v) is 6.70. The summed E-state index contributed by atoms with van der Waals surface area (Å²) in [6.07, 6.45) is -1.85. The van der Waals surface area contributed by atoms with Gasteiger partial charge in [0.2, 0.25) is 28.1 Å². The SMILES string of the molecule is COC1(OC)[C@@]2(Cl)C(=O)O[C@H]3O[C@H]4OC(=O)[C@]1(Cl)[C@H]4[C@H]32. The maximum absolute atomic E-state index is 12.2. The molecule has 0 bridgehead atoms. The van der Waals surface area contributed by atoms with Crippen molar-refractivity contribution in [2.75, 3.05) is 14.2 Å². The molecular weight excluding hydrogens is 315 g/mol. The first-order valence-electron chi connectivity index (χ1n) is 5.94. The fraction of sp³-hybridized carbons (Fsp3) is 0.818. The topological polar surface area (TPSA) is 80.3 Å². The summed E-state index contributed by atoms with van der Waals surface area (Å²) in [6.45, 7) is 0. The second-order valence-corrected chi connectivity index (χ2v) is 6.38. The number of hydrogen-bond acceptors (Lipinski definition) is 7. The molecule has 3 aliphatic heterocycles. The number of esters is 2. The summed E-state index contributed by atoms with van der Waals surface area (Å²) < 4.78 is 26.3. The van der Waals surface area contributed by atoms with Crippen LogP contribution in [-0.2, 0) is 33.3 Å². The zero-order valence-corrected chi connectivity index (χ0v) is 11.9. The molecule has 1 saturated carbocycles. The number of halogens is 2. The molecule has 7 nitrogen and oxygen atoms in total. The number of methoxy groups -OCH3 is 2. The Bertz CT molecular complexity index is 493. The maximum atomic E-state index is 12.2. The van der Waals surface area contributed by atoms with Gasteiger partial charge < -0.3 is 23.7 Å². The van der Waals surface area contributed by atoms with E-state index in [0.717, 1.165) is 0 Å². The minimum absolute atomic E-state index is 0.689. The lowest BCUT2D eigenvalue weighted by Crippen LogP contribution is -2.65. The lowest BCUT2D eigenvalue weighted by atomic mass is 9.90.